The lowest BCUT2D eigenvalue weighted by molar-refractivity contribution is 0.394. The first-order chi connectivity index (χ1) is 16.6. The van der Waals surface area contributed by atoms with Gasteiger partial charge in [-0.1, -0.05) is 12.1 Å². The monoisotopic (exact) mass is 475 g/mol. The van der Waals surface area contributed by atoms with E-state index < -0.39 is 0 Å². The van der Waals surface area contributed by atoms with E-state index in [0.717, 1.165) is 4.90 Å². The van der Waals surface area contributed by atoms with Gasteiger partial charge < -0.3 is 19.8 Å². The lowest BCUT2D eigenvalue weighted by Crippen LogP contribution is -2.23. The first-order valence-electron chi connectivity index (χ1n) is 10.4. The van der Waals surface area contributed by atoms with Gasteiger partial charge in [0.1, 0.15) is 11.5 Å². The molecule has 0 amide bonds. The van der Waals surface area contributed by atoms with Crippen LogP contribution in [0, 0.1) is 0 Å². The molecule has 1 aromatic heterocycles. The fourth-order valence-corrected chi connectivity index (χ4v) is 4.48. The van der Waals surface area contributed by atoms with Crippen LogP contribution >= 0.6 is 11.8 Å². The molecule has 0 atom stereocenters. The van der Waals surface area contributed by atoms with E-state index in [1.807, 2.05) is 41.0 Å². The van der Waals surface area contributed by atoms with Gasteiger partial charge in [0.2, 0.25) is 0 Å². The summed E-state index contributed by atoms with van der Waals surface area (Å²) in [6, 6.07) is 12.8. The zero-order chi connectivity index (χ0) is 23.7. The highest BCUT2D eigenvalue weighted by Gasteiger charge is 2.20. The molecular weight excluding hydrogens is 454 g/mol. The van der Waals surface area contributed by atoms with Gasteiger partial charge in [0, 0.05) is 13.1 Å². The summed E-state index contributed by atoms with van der Waals surface area (Å²) in [7, 11) is 3.21. The molecule has 34 heavy (non-hydrogen) atoms. The van der Waals surface area contributed by atoms with Gasteiger partial charge in [-0.05, 0) is 42.1 Å². The number of benzene rings is 2. The SMILES string of the molecule is COc1ccc(OC)c(Sc2nc3c(N)ncn(CCn4cnc5ccccc5c4=O)c-3n2)c1. The maximum atomic E-state index is 12.8. The van der Waals surface area contributed by atoms with Crippen LogP contribution in [-0.4, -0.2) is 43.3 Å². The Labute approximate surface area is 198 Å². The number of methoxy groups -OCH3 is 2. The highest BCUT2D eigenvalue weighted by Crippen LogP contribution is 2.38. The smallest absolute Gasteiger partial charge is 0.261 e. The summed E-state index contributed by atoms with van der Waals surface area (Å²) in [6.07, 6.45) is 3.16. The molecule has 2 aromatic carbocycles. The Morgan fingerprint density at radius 3 is 2.59 bits per heavy atom. The molecule has 2 N–H and O–H groups in total. The van der Waals surface area contributed by atoms with Crippen LogP contribution in [0.4, 0.5) is 5.82 Å². The van der Waals surface area contributed by atoms with E-state index in [-0.39, 0.29) is 11.4 Å². The third kappa shape index (κ3) is 4.01. The molecule has 0 aliphatic carbocycles. The summed E-state index contributed by atoms with van der Waals surface area (Å²) in [5.74, 6) is 2.25. The molecule has 3 aromatic rings. The average molecular weight is 476 g/mol. The first-order valence-corrected chi connectivity index (χ1v) is 11.2. The van der Waals surface area contributed by atoms with Gasteiger partial charge in [-0.15, -0.1) is 0 Å². The van der Waals surface area contributed by atoms with E-state index in [0.29, 0.717) is 52.2 Å². The molecule has 0 saturated heterocycles. The van der Waals surface area contributed by atoms with Gasteiger partial charge in [-0.2, -0.15) is 0 Å². The van der Waals surface area contributed by atoms with Gasteiger partial charge in [0.05, 0.1) is 42.7 Å². The molecule has 0 unspecified atom stereocenters. The second-order valence-electron chi connectivity index (χ2n) is 7.38. The number of nitrogen functional groups attached to an aromatic ring is 1. The Hall–Kier alpha value is -4.12. The minimum absolute atomic E-state index is 0.0965. The number of rotatable bonds is 7. The number of imidazole rings is 1. The van der Waals surface area contributed by atoms with Crippen molar-refractivity contribution < 1.29 is 9.47 Å². The minimum atomic E-state index is -0.0965. The quantitative estimate of drug-likeness (QED) is 0.378. The summed E-state index contributed by atoms with van der Waals surface area (Å²) < 4.78 is 14.2. The maximum Gasteiger partial charge on any atom is 0.261 e. The van der Waals surface area contributed by atoms with Crippen LogP contribution in [0.15, 0.2) is 70.0 Å². The minimum Gasteiger partial charge on any atom is -0.497 e. The number of nitrogens with zero attached hydrogens (tertiary/aromatic N) is 6. The lowest BCUT2D eigenvalue weighted by Gasteiger charge is -2.12. The molecule has 11 heteroatoms. The van der Waals surface area contributed by atoms with Crippen molar-refractivity contribution in [3.8, 4) is 23.0 Å². The second kappa shape index (κ2) is 9.02. The van der Waals surface area contributed by atoms with Crippen LogP contribution in [-0.2, 0) is 13.1 Å². The van der Waals surface area contributed by atoms with Crippen molar-refractivity contribution >= 4 is 28.5 Å². The fourth-order valence-electron chi connectivity index (χ4n) is 3.59. The number of anilines is 1. The molecule has 2 aliphatic rings. The fraction of sp³-hybridized carbons (Fsp3) is 0.174. The topological polar surface area (TPSA) is 123 Å². The largest absolute Gasteiger partial charge is 0.497 e. The Balaban J connectivity index is 1.45. The van der Waals surface area contributed by atoms with E-state index in [1.54, 1.807) is 37.5 Å². The number of fused-ring (bicyclic) bond motifs is 2. The summed E-state index contributed by atoms with van der Waals surface area (Å²) in [6.45, 7) is 0.829. The molecule has 0 bridgehead atoms. The zero-order valence-corrected chi connectivity index (χ0v) is 19.3. The molecule has 0 saturated carbocycles. The predicted octanol–water partition coefficient (Wildman–Crippen LogP) is 2.94. The van der Waals surface area contributed by atoms with E-state index in [1.165, 1.54) is 11.8 Å². The number of hydrogen-bond acceptors (Lipinski definition) is 9. The third-order valence-corrected chi connectivity index (χ3v) is 6.26. The van der Waals surface area contributed by atoms with Crippen LogP contribution in [0.1, 0.15) is 0 Å². The molecule has 10 nitrogen and oxygen atoms in total. The van der Waals surface area contributed by atoms with Gasteiger partial charge in [-0.25, -0.2) is 19.9 Å². The molecular formula is C23H21N7O3S. The molecule has 0 spiro atoms. The van der Waals surface area contributed by atoms with E-state index >= 15 is 0 Å². The van der Waals surface area contributed by atoms with Crippen molar-refractivity contribution in [2.24, 2.45) is 0 Å². The van der Waals surface area contributed by atoms with Crippen LogP contribution in [0.2, 0.25) is 0 Å². The summed E-state index contributed by atoms with van der Waals surface area (Å²) in [4.78, 5) is 31.5. The molecule has 172 valence electrons. The zero-order valence-electron chi connectivity index (χ0n) is 18.5. The first kappa shape index (κ1) is 21.7. The molecule has 0 fully saturated rings. The number of hydrogen-bond donors (Lipinski definition) is 1. The third-order valence-electron chi connectivity index (χ3n) is 5.36. The Kier molecular flexibility index (Phi) is 5.76. The van der Waals surface area contributed by atoms with Gasteiger partial charge in [0.25, 0.3) is 5.56 Å². The molecule has 2 aliphatic heterocycles. The van der Waals surface area contributed by atoms with Crippen molar-refractivity contribution in [3.63, 3.8) is 0 Å². The Morgan fingerprint density at radius 2 is 1.76 bits per heavy atom. The van der Waals surface area contributed by atoms with Gasteiger partial charge >= 0.3 is 0 Å². The van der Waals surface area contributed by atoms with Gasteiger partial charge in [0.15, 0.2) is 22.5 Å². The Bertz CT molecular complexity index is 1510. The molecule has 0 radical (unpaired) electrons. The maximum absolute atomic E-state index is 12.8. The summed E-state index contributed by atoms with van der Waals surface area (Å²) in [5, 5.41) is 1.08. The average Bonchev–Trinajstić information content (AvgIpc) is 3.29. The number of aromatic nitrogens is 6. The van der Waals surface area contributed by atoms with Crippen molar-refractivity contribution in [1.29, 1.82) is 0 Å². The number of aryl methyl sites for hydroxylation is 2. The second-order valence-corrected chi connectivity index (χ2v) is 8.39. The number of para-hydroxylation sites is 1. The molecule has 5 rings (SSSR count). The number of nitrogens with two attached hydrogens (primary N) is 1. The highest BCUT2D eigenvalue weighted by atomic mass is 32.2. The Morgan fingerprint density at radius 1 is 0.971 bits per heavy atom. The van der Waals surface area contributed by atoms with E-state index in [9.17, 15) is 4.79 Å². The van der Waals surface area contributed by atoms with Crippen LogP contribution in [0.3, 0.4) is 0 Å². The lowest BCUT2D eigenvalue weighted by atomic mass is 10.2. The standard InChI is InChI=1S/C23H21N7O3S/c1-32-14-7-8-17(33-2)18(11-14)34-23-27-19-20(24)26-13-29(21(19)28-23)9-10-30-12-25-16-6-4-3-5-15(16)22(30)31/h3-8,11-13H,9-10,24H2,1-2H3. The van der Waals surface area contributed by atoms with Crippen LogP contribution in [0.5, 0.6) is 11.5 Å². The normalized spacial score (nSPS) is 11.2. The van der Waals surface area contributed by atoms with Crippen molar-refractivity contribution in [3.05, 3.63) is 65.5 Å². The predicted molar refractivity (Wildman–Crippen MR) is 129 cm³/mol. The highest BCUT2D eigenvalue weighted by molar-refractivity contribution is 7.99. The van der Waals surface area contributed by atoms with E-state index in [2.05, 4.69) is 19.9 Å². The van der Waals surface area contributed by atoms with Crippen LogP contribution < -0.4 is 20.8 Å². The van der Waals surface area contributed by atoms with Crippen molar-refractivity contribution in [1.82, 2.24) is 29.1 Å². The van der Waals surface area contributed by atoms with E-state index in [4.69, 9.17) is 15.2 Å². The number of ether oxygens (including phenoxy) is 2. The summed E-state index contributed by atoms with van der Waals surface area (Å²) in [5.41, 5.74) is 7.15. The summed E-state index contributed by atoms with van der Waals surface area (Å²) >= 11 is 1.34. The van der Waals surface area contributed by atoms with Crippen molar-refractivity contribution in [2.75, 3.05) is 20.0 Å². The molecule has 3 heterocycles. The van der Waals surface area contributed by atoms with Gasteiger partial charge in [-0.3, -0.25) is 9.36 Å². The van der Waals surface area contributed by atoms with Crippen molar-refractivity contribution in [2.45, 2.75) is 23.1 Å². The van der Waals surface area contributed by atoms with Crippen LogP contribution in [0.25, 0.3) is 22.4 Å².